The van der Waals surface area contributed by atoms with Crippen molar-refractivity contribution in [3.63, 3.8) is 0 Å². The zero-order valence-electron chi connectivity index (χ0n) is 20.8. The van der Waals surface area contributed by atoms with Crippen LogP contribution in [0.3, 0.4) is 0 Å². The second kappa shape index (κ2) is 11.9. The predicted molar refractivity (Wildman–Crippen MR) is 138 cm³/mol. The van der Waals surface area contributed by atoms with Gasteiger partial charge in [0.15, 0.2) is 33.6 Å². The van der Waals surface area contributed by atoms with Crippen molar-refractivity contribution < 1.29 is 25.2 Å². The molecule has 4 rings (SSSR count). The minimum Gasteiger partial charge on any atom is -0.504 e. The summed E-state index contributed by atoms with van der Waals surface area (Å²) in [5, 5.41) is 55.8. The Morgan fingerprint density at radius 1 is 1.14 bits per heavy atom. The molecule has 4 atom stereocenters. The third-order valence-corrected chi connectivity index (χ3v) is 7.42. The van der Waals surface area contributed by atoms with Crippen LogP contribution in [0, 0.1) is 5.92 Å². The quantitative estimate of drug-likeness (QED) is 0.0921. The van der Waals surface area contributed by atoms with Gasteiger partial charge in [-0.1, -0.05) is 43.3 Å². The third-order valence-electron chi connectivity index (χ3n) is 6.37. The number of phenolic OH excluding ortho intramolecular Hbond substituents is 2. The zero-order valence-corrected chi connectivity index (χ0v) is 21.6. The van der Waals surface area contributed by atoms with Crippen LogP contribution < -0.4 is 10.6 Å². The van der Waals surface area contributed by atoms with Crippen LogP contribution in [0.2, 0.25) is 0 Å². The van der Waals surface area contributed by atoms with E-state index in [1.165, 1.54) is 28.6 Å². The fraction of sp³-hybridized carbons (Fsp3) is 0.542. The van der Waals surface area contributed by atoms with Gasteiger partial charge in [-0.3, -0.25) is 4.79 Å². The predicted octanol–water partition coefficient (Wildman–Crippen LogP) is 1.95. The molecule has 0 aliphatic heterocycles. The van der Waals surface area contributed by atoms with Crippen molar-refractivity contribution in [3.05, 3.63) is 23.8 Å². The van der Waals surface area contributed by atoms with E-state index in [0.717, 1.165) is 31.6 Å². The lowest BCUT2D eigenvalue weighted by atomic mass is 10.0. The van der Waals surface area contributed by atoms with Gasteiger partial charge in [0.25, 0.3) is 0 Å². The van der Waals surface area contributed by atoms with Gasteiger partial charge < -0.3 is 31.1 Å². The largest absolute Gasteiger partial charge is 0.504 e. The molecule has 200 valence electrons. The Morgan fingerprint density at radius 2 is 1.95 bits per heavy atom. The smallest absolute Gasteiger partial charge is 0.226 e. The molecule has 13 heteroatoms. The highest BCUT2D eigenvalue weighted by Crippen LogP contribution is 2.37. The SMILES string of the molecule is CCCCNc1nc(SCCC)nc2c1nnn2C1C[C@H](C(=O)NCc2ccc(O)c(O)c2)C(O)C1O. The molecule has 0 bridgehead atoms. The Hall–Kier alpha value is -3.16. The lowest BCUT2D eigenvalue weighted by molar-refractivity contribution is -0.129. The number of phenols is 2. The lowest BCUT2D eigenvalue weighted by Gasteiger charge is -2.17. The maximum Gasteiger partial charge on any atom is 0.226 e. The number of hydrogen-bond acceptors (Lipinski definition) is 11. The van der Waals surface area contributed by atoms with E-state index in [0.29, 0.717) is 27.7 Å². The van der Waals surface area contributed by atoms with E-state index in [1.807, 2.05) is 0 Å². The van der Waals surface area contributed by atoms with Crippen LogP contribution >= 0.6 is 11.8 Å². The van der Waals surface area contributed by atoms with Crippen molar-refractivity contribution in [2.24, 2.45) is 5.92 Å². The topological polar surface area (TPSA) is 179 Å². The second-order valence-corrected chi connectivity index (χ2v) is 10.2. The van der Waals surface area contributed by atoms with Gasteiger partial charge in [0, 0.05) is 18.8 Å². The van der Waals surface area contributed by atoms with E-state index in [-0.39, 0.29) is 24.5 Å². The number of hydrogen-bond donors (Lipinski definition) is 6. The first kappa shape index (κ1) is 26.9. The number of aromatic nitrogens is 5. The van der Waals surface area contributed by atoms with Crippen LogP contribution in [-0.4, -0.2) is 75.8 Å². The number of amides is 1. The van der Waals surface area contributed by atoms with Crippen molar-refractivity contribution in [1.29, 1.82) is 0 Å². The monoisotopic (exact) mass is 531 g/mol. The molecule has 2 heterocycles. The van der Waals surface area contributed by atoms with Gasteiger partial charge in [-0.25, -0.2) is 14.6 Å². The van der Waals surface area contributed by atoms with Crippen LogP contribution in [-0.2, 0) is 11.3 Å². The maximum absolute atomic E-state index is 12.9. The summed E-state index contributed by atoms with van der Waals surface area (Å²) in [5.41, 5.74) is 1.48. The number of anilines is 1. The van der Waals surface area contributed by atoms with Crippen LogP contribution in [0.5, 0.6) is 11.5 Å². The number of carbonyl (C=O) groups is 1. The minimum absolute atomic E-state index is 0.0843. The van der Waals surface area contributed by atoms with Crippen molar-refractivity contribution >= 4 is 34.7 Å². The molecule has 0 spiro atoms. The average molecular weight is 532 g/mol. The number of benzene rings is 1. The summed E-state index contributed by atoms with van der Waals surface area (Å²) in [6.45, 7) is 4.98. The zero-order chi connectivity index (χ0) is 26.5. The fourth-order valence-corrected chi connectivity index (χ4v) is 5.00. The van der Waals surface area contributed by atoms with Crippen molar-refractivity contribution in [1.82, 2.24) is 30.3 Å². The van der Waals surface area contributed by atoms with Gasteiger partial charge in [-0.05, 0) is 37.0 Å². The first-order valence-corrected chi connectivity index (χ1v) is 13.5. The molecule has 1 amide bonds. The van der Waals surface area contributed by atoms with Crippen molar-refractivity contribution in [2.45, 2.75) is 69.5 Å². The number of aromatic hydroxyl groups is 2. The summed E-state index contributed by atoms with van der Waals surface area (Å²) < 4.78 is 1.48. The third kappa shape index (κ3) is 5.89. The van der Waals surface area contributed by atoms with Crippen molar-refractivity contribution in [2.75, 3.05) is 17.6 Å². The molecule has 1 aliphatic carbocycles. The molecule has 0 radical (unpaired) electrons. The van der Waals surface area contributed by atoms with Gasteiger partial charge in [0.05, 0.1) is 18.1 Å². The number of aliphatic hydroxyl groups is 2. The van der Waals surface area contributed by atoms with E-state index < -0.39 is 30.1 Å². The van der Waals surface area contributed by atoms with E-state index in [2.05, 4.69) is 44.8 Å². The molecule has 1 saturated carbocycles. The summed E-state index contributed by atoms with van der Waals surface area (Å²) in [6.07, 6.45) is 0.510. The van der Waals surface area contributed by atoms with E-state index >= 15 is 0 Å². The number of aliphatic hydroxyl groups excluding tert-OH is 2. The summed E-state index contributed by atoms with van der Waals surface area (Å²) in [7, 11) is 0. The van der Waals surface area contributed by atoms with Crippen LogP contribution in [0.4, 0.5) is 5.82 Å². The molecular weight excluding hydrogens is 498 g/mol. The Labute approximate surface area is 218 Å². The summed E-state index contributed by atoms with van der Waals surface area (Å²) in [6, 6.07) is 3.53. The van der Waals surface area contributed by atoms with E-state index in [9.17, 15) is 25.2 Å². The molecular formula is C24H33N7O5S. The number of thioether (sulfide) groups is 1. The van der Waals surface area contributed by atoms with Gasteiger partial charge >= 0.3 is 0 Å². The number of nitrogens with one attached hydrogen (secondary N) is 2. The molecule has 1 fully saturated rings. The molecule has 0 saturated heterocycles. The highest BCUT2D eigenvalue weighted by Gasteiger charge is 2.47. The maximum atomic E-state index is 12.9. The van der Waals surface area contributed by atoms with Gasteiger partial charge in [0.1, 0.15) is 6.10 Å². The molecule has 2 aromatic heterocycles. The van der Waals surface area contributed by atoms with Crippen molar-refractivity contribution in [3.8, 4) is 11.5 Å². The van der Waals surface area contributed by atoms with Gasteiger partial charge in [-0.15, -0.1) is 5.10 Å². The lowest BCUT2D eigenvalue weighted by Crippen LogP contribution is -2.38. The summed E-state index contributed by atoms with van der Waals surface area (Å²) in [4.78, 5) is 22.1. The number of carbonyl (C=O) groups excluding carboxylic acids is 1. The Morgan fingerprint density at radius 3 is 2.68 bits per heavy atom. The van der Waals surface area contributed by atoms with E-state index in [4.69, 9.17) is 0 Å². The second-order valence-electron chi connectivity index (χ2n) is 9.12. The highest BCUT2D eigenvalue weighted by atomic mass is 32.2. The van der Waals surface area contributed by atoms with Crippen LogP contribution in [0.25, 0.3) is 11.2 Å². The first-order chi connectivity index (χ1) is 17.8. The first-order valence-electron chi connectivity index (χ1n) is 12.5. The molecule has 3 aromatic rings. The number of rotatable bonds is 11. The summed E-state index contributed by atoms with van der Waals surface area (Å²) in [5.74, 6) is -0.459. The summed E-state index contributed by atoms with van der Waals surface area (Å²) >= 11 is 1.52. The minimum atomic E-state index is -1.31. The standard InChI is InChI=1S/C24H33N7O5S/c1-3-5-8-25-21-18-22(28-24(27-21)37-9-4-2)31(30-29-18)15-11-14(19(34)20(15)35)23(36)26-12-13-6-7-16(32)17(33)10-13/h6-7,10,14-15,19-20,32-35H,3-5,8-9,11-12H2,1-2H3,(H,26,36)(H,25,27,28)/t14-,15?,19?,20?/m0/s1. The number of fused-ring (bicyclic) bond motifs is 1. The number of nitrogens with zero attached hydrogens (tertiary/aromatic N) is 5. The molecule has 6 N–H and O–H groups in total. The average Bonchev–Trinajstić information content (AvgIpc) is 3.44. The Balaban J connectivity index is 1.54. The number of unbranched alkanes of at least 4 members (excludes halogenated alkanes) is 1. The molecule has 3 unspecified atom stereocenters. The highest BCUT2D eigenvalue weighted by molar-refractivity contribution is 7.99. The fourth-order valence-electron chi connectivity index (χ4n) is 4.31. The molecule has 1 aromatic carbocycles. The van der Waals surface area contributed by atoms with Gasteiger partial charge in [0.2, 0.25) is 5.91 Å². The molecule has 1 aliphatic rings. The normalized spacial score (nSPS) is 21.4. The Kier molecular flexibility index (Phi) is 8.67. The molecule has 37 heavy (non-hydrogen) atoms. The van der Waals surface area contributed by atoms with Crippen LogP contribution in [0.15, 0.2) is 23.4 Å². The van der Waals surface area contributed by atoms with E-state index in [1.54, 1.807) is 6.07 Å². The van der Waals surface area contributed by atoms with Crippen LogP contribution in [0.1, 0.15) is 51.1 Å². The molecule has 12 nitrogen and oxygen atoms in total. The Bertz CT molecular complexity index is 1240. The van der Waals surface area contributed by atoms with Gasteiger partial charge in [-0.2, -0.15) is 0 Å².